The van der Waals surface area contributed by atoms with E-state index in [0.717, 1.165) is 11.8 Å². The lowest BCUT2D eigenvalue weighted by Gasteiger charge is -2.36. The van der Waals surface area contributed by atoms with Crippen LogP contribution in [-0.4, -0.2) is 55.1 Å². The summed E-state index contributed by atoms with van der Waals surface area (Å²) >= 11 is 0. The number of hydrogen-bond donors (Lipinski definition) is 1. The maximum Gasteiger partial charge on any atom is 0.00793 e. The molecule has 21 heavy (non-hydrogen) atoms. The highest BCUT2D eigenvalue weighted by Crippen LogP contribution is 2.26. The summed E-state index contributed by atoms with van der Waals surface area (Å²) in [6.07, 6.45) is 12.5. The van der Waals surface area contributed by atoms with Crippen LogP contribution in [0.4, 0.5) is 0 Å². The monoisotopic (exact) mass is 293 g/mol. The van der Waals surface area contributed by atoms with Crippen molar-refractivity contribution in [2.45, 2.75) is 63.8 Å². The van der Waals surface area contributed by atoms with Crippen molar-refractivity contribution in [1.82, 2.24) is 9.80 Å². The zero-order valence-electron chi connectivity index (χ0n) is 13.8. The van der Waals surface area contributed by atoms with Gasteiger partial charge >= 0.3 is 0 Å². The zero-order chi connectivity index (χ0) is 14.5. The van der Waals surface area contributed by atoms with Crippen LogP contribution in [0.25, 0.3) is 0 Å². The van der Waals surface area contributed by atoms with Crippen molar-refractivity contribution in [2.75, 3.05) is 39.3 Å². The molecule has 3 rings (SSSR count). The van der Waals surface area contributed by atoms with Gasteiger partial charge in [0, 0.05) is 19.1 Å². The summed E-state index contributed by atoms with van der Waals surface area (Å²) in [7, 11) is 0. The van der Waals surface area contributed by atoms with Crippen LogP contribution in [-0.2, 0) is 0 Å². The largest absolute Gasteiger partial charge is 0.327 e. The van der Waals surface area contributed by atoms with Crippen molar-refractivity contribution in [3.63, 3.8) is 0 Å². The molecule has 3 nitrogen and oxygen atoms in total. The van der Waals surface area contributed by atoms with E-state index in [1.165, 1.54) is 97.1 Å². The molecule has 0 amide bonds. The zero-order valence-corrected chi connectivity index (χ0v) is 13.8. The lowest BCUT2D eigenvalue weighted by molar-refractivity contribution is 0.129. The Hall–Kier alpha value is -0.120. The maximum absolute atomic E-state index is 6.40. The Morgan fingerprint density at radius 1 is 0.667 bits per heavy atom. The van der Waals surface area contributed by atoms with Crippen LogP contribution in [0.1, 0.15) is 57.8 Å². The van der Waals surface area contributed by atoms with Crippen LogP contribution >= 0.6 is 0 Å². The molecule has 2 N–H and O–H groups in total. The number of nitrogens with two attached hydrogens (primary N) is 1. The fourth-order valence-electron chi connectivity index (χ4n) is 4.65. The standard InChI is InChI=1S/C18H35N3/c19-18-7-3-1-2-6-17(18)15-21-12-8-16(9-13-21)14-20-10-4-5-11-20/h16-18H,1-15,19H2. The van der Waals surface area contributed by atoms with E-state index in [-0.39, 0.29) is 0 Å². The minimum Gasteiger partial charge on any atom is -0.327 e. The first-order valence-corrected chi connectivity index (χ1v) is 9.51. The Labute approximate surface area is 131 Å². The molecule has 2 saturated heterocycles. The smallest absolute Gasteiger partial charge is 0.00793 e. The molecule has 0 radical (unpaired) electrons. The summed E-state index contributed by atoms with van der Waals surface area (Å²) < 4.78 is 0. The SMILES string of the molecule is NC1CCCCCC1CN1CCC(CN2CCCC2)CC1. The topological polar surface area (TPSA) is 32.5 Å². The summed E-state index contributed by atoms with van der Waals surface area (Å²) in [5.74, 6) is 1.73. The third-order valence-corrected chi connectivity index (χ3v) is 6.13. The highest BCUT2D eigenvalue weighted by Gasteiger charge is 2.26. The summed E-state index contributed by atoms with van der Waals surface area (Å²) in [5, 5.41) is 0. The molecule has 1 saturated carbocycles. The van der Waals surface area contributed by atoms with Gasteiger partial charge in [-0.1, -0.05) is 19.3 Å². The quantitative estimate of drug-likeness (QED) is 0.809. The van der Waals surface area contributed by atoms with Crippen LogP contribution in [0.2, 0.25) is 0 Å². The van der Waals surface area contributed by atoms with Gasteiger partial charge in [0.25, 0.3) is 0 Å². The molecular weight excluding hydrogens is 258 g/mol. The average Bonchev–Trinajstić information content (AvgIpc) is 2.92. The van der Waals surface area contributed by atoms with Crippen molar-refractivity contribution < 1.29 is 0 Å². The second-order valence-electron chi connectivity index (χ2n) is 7.81. The van der Waals surface area contributed by atoms with E-state index in [4.69, 9.17) is 5.73 Å². The minimum atomic E-state index is 0.467. The number of hydrogen-bond acceptors (Lipinski definition) is 3. The third kappa shape index (κ3) is 4.67. The molecule has 0 aromatic rings. The second kappa shape index (κ2) is 7.94. The number of likely N-dealkylation sites (tertiary alicyclic amines) is 2. The highest BCUT2D eigenvalue weighted by molar-refractivity contribution is 4.82. The highest BCUT2D eigenvalue weighted by atomic mass is 15.2. The van der Waals surface area contributed by atoms with Crippen LogP contribution < -0.4 is 5.73 Å². The predicted octanol–water partition coefficient (Wildman–Crippen LogP) is 2.70. The van der Waals surface area contributed by atoms with Gasteiger partial charge in [0.1, 0.15) is 0 Å². The minimum absolute atomic E-state index is 0.467. The number of rotatable bonds is 4. The van der Waals surface area contributed by atoms with Gasteiger partial charge in [0.2, 0.25) is 0 Å². The van der Waals surface area contributed by atoms with E-state index in [2.05, 4.69) is 9.80 Å². The lowest BCUT2D eigenvalue weighted by Crippen LogP contribution is -2.43. The van der Waals surface area contributed by atoms with Gasteiger partial charge in [-0.3, -0.25) is 0 Å². The average molecular weight is 293 g/mol. The molecule has 3 fully saturated rings. The fourth-order valence-corrected chi connectivity index (χ4v) is 4.65. The van der Waals surface area contributed by atoms with Gasteiger partial charge in [-0.2, -0.15) is 0 Å². The summed E-state index contributed by atoms with van der Waals surface area (Å²) in [6, 6.07) is 0.467. The van der Waals surface area contributed by atoms with Gasteiger partial charge in [0.05, 0.1) is 0 Å². The fraction of sp³-hybridized carbons (Fsp3) is 1.00. The molecule has 122 valence electrons. The Morgan fingerprint density at radius 3 is 2.10 bits per heavy atom. The molecule has 0 spiro atoms. The molecule has 2 aliphatic heterocycles. The van der Waals surface area contributed by atoms with E-state index in [0.29, 0.717) is 6.04 Å². The van der Waals surface area contributed by atoms with Gasteiger partial charge in [-0.15, -0.1) is 0 Å². The molecule has 0 bridgehead atoms. The molecule has 3 heteroatoms. The van der Waals surface area contributed by atoms with Crippen LogP contribution in [0.3, 0.4) is 0 Å². The van der Waals surface area contributed by atoms with Crippen LogP contribution in [0.5, 0.6) is 0 Å². The molecule has 2 atom stereocenters. The van der Waals surface area contributed by atoms with Gasteiger partial charge in [-0.25, -0.2) is 0 Å². The predicted molar refractivity (Wildman–Crippen MR) is 89.4 cm³/mol. The van der Waals surface area contributed by atoms with Gasteiger partial charge in [-0.05, 0) is 76.5 Å². The van der Waals surface area contributed by atoms with E-state index >= 15 is 0 Å². The van der Waals surface area contributed by atoms with Crippen molar-refractivity contribution >= 4 is 0 Å². The molecule has 0 aromatic heterocycles. The Morgan fingerprint density at radius 2 is 1.33 bits per heavy atom. The first-order chi connectivity index (χ1) is 10.3. The third-order valence-electron chi connectivity index (χ3n) is 6.13. The molecule has 0 aromatic carbocycles. The van der Waals surface area contributed by atoms with Crippen LogP contribution in [0, 0.1) is 11.8 Å². The summed E-state index contributed by atoms with van der Waals surface area (Å²) in [6.45, 7) is 8.01. The lowest BCUT2D eigenvalue weighted by atomic mass is 9.92. The summed E-state index contributed by atoms with van der Waals surface area (Å²) in [5.41, 5.74) is 6.40. The van der Waals surface area contributed by atoms with Gasteiger partial charge in [0.15, 0.2) is 0 Å². The number of nitrogens with zero attached hydrogens (tertiary/aromatic N) is 2. The Balaban J connectivity index is 1.38. The van der Waals surface area contributed by atoms with Crippen molar-refractivity contribution in [1.29, 1.82) is 0 Å². The molecule has 2 unspecified atom stereocenters. The van der Waals surface area contributed by atoms with Crippen LogP contribution in [0.15, 0.2) is 0 Å². The van der Waals surface area contributed by atoms with Crippen molar-refractivity contribution in [3.05, 3.63) is 0 Å². The number of piperidine rings is 1. The Bertz CT molecular complexity index is 293. The molecule has 1 aliphatic carbocycles. The first kappa shape index (κ1) is 15.8. The normalized spacial score (nSPS) is 34.1. The maximum atomic E-state index is 6.40. The Kier molecular flexibility index (Phi) is 5.96. The second-order valence-corrected chi connectivity index (χ2v) is 7.81. The van der Waals surface area contributed by atoms with E-state index in [1.807, 2.05) is 0 Å². The van der Waals surface area contributed by atoms with Gasteiger partial charge < -0.3 is 15.5 Å². The first-order valence-electron chi connectivity index (χ1n) is 9.51. The molecule has 2 heterocycles. The van der Waals surface area contributed by atoms with Crippen molar-refractivity contribution in [3.8, 4) is 0 Å². The van der Waals surface area contributed by atoms with E-state index < -0.39 is 0 Å². The summed E-state index contributed by atoms with van der Waals surface area (Å²) in [4.78, 5) is 5.41. The van der Waals surface area contributed by atoms with E-state index in [1.54, 1.807) is 0 Å². The molecule has 3 aliphatic rings. The van der Waals surface area contributed by atoms with Crippen molar-refractivity contribution in [2.24, 2.45) is 17.6 Å². The van der Waals surface area contributed by atoms with E-state index in [9.17, 15) is 0 Å². The molecular formula is C18H35N3.